The molecule has 2 N–H and O–H groups in total. The fourth-order valence-corrected chi connectivity index (χ4v) is 3.43. The van der Waals surface area contributed by atoms with Crippen molar-refractivity contribution in [2.24, 2.45) is 5.41 Å². The van der Waals surface area contributed by atoms with Crippen LogP contribution in [0.4, 0.5) is 0 Å². The van der Waals surface area contributed by atoms with E-state index in [4.69, 9.17) is 5.11 Å². The molecule has 0 unspecified atom stereocenters. The fourth-order valence-electron chi connectivity index (χ4n) is 3.05. The summed E-state index contributed by atoms with van der Waals surface area (Å²) in [7, 11) is 0. The van der Waals surface area contributed by atoms with Gasteiger partial charge < -0.3 is 15.3 Å². The number of aliphatic carboxylic acids is 1. The normalized spacial score (nSPS) is 25.7. The molecule has 2 aliphatic rings. The van der Waals surface area contributed by atoms with Gasteiger partial charge >= 0.3 is 5.97 Å². The number of piperidine rings is 1. The largest absolute Gasteiger partial charge is 0.480 e. The summed E-state index contributed by atoms with van der Waals surface area (Å²) >= 11 is 1.69. The van der Waals surface area contributed by atoms with Gasteiger partial charge in [-0.05, 0) is 30.9 Å². The second-order valence-electron chi connectivity index (χ2n) is 5.60. The minimum atomic E-state index is -0.754. The molecule has 19 heavy (non-hydrogen) atoms. The fraction of sp³-hybridized carbons (Fsp3) is 0.846. The maximum Gasteiger partial charge on any atom is 0.320 e. The first-order valence-corrected chi connectivity index (χ1v) is 8.19. The average Bonchev–Trinajstić information content (AvgIpc) is 2.81. The molecule has 0 aromatic rings. The van der Waals surface area contributed by atoms with Crippen LogP contribution in [0.2, 0.25) is 0 Å². The van der Waals surface area contributed by atoms with Gasteiger partial charge in [-0.1, -0.05) is 0 Å². The molecule has 0 aromatic heterocycles. The number of carboxylic acids is 1. The van der Waals surface area contributed by atoms with Crippen molar-refractivity contribution in [3.8, 4) is 0 Å². The number of hydrogen-bond acceptors (Lipinski definition) is 4. The van der Waals surface area contributed by atoms with Crippen molar-refractivity contribution in [2.75, 3.05) is 31.6 Å². The van der Waals surface area contributed by atoms with Crippen LogP contribution in [0.3, 0.4) is 0 Å². The van der Waals surface area contributed by atoms with E-state index in [1.54, 1.807) is 11.8 Å². The van der Waals surface area contributed by atoms with Crippen molar-refractivity contribution in [1.29, 1.82) is 0 Å². The summed E-state index contributed by atoms with van der Waals surface area (Å²) in [5.41, 5.74) is 0.0966. The average molecular weight is 286 g/mol. The topological polar surface area (TPSA) is 69.6 Å². The number of nitrogens with one attached hydrogen (secondary N) is 1. The molecule has 0 aromatic carbocycles. The Kier molecular flexibility index (Phi) is 4.73. The van der Waals surface area contributed by atoms with Crippen LogP contribution in [0, 0.1) is 5.41 Å². The first-order valence-electron chi connectivity index (χ1n) is 6.79. The number of thioether (sulfide) groups is 1. The van der Waals surface area contributed by atoms with Gasteiger partial charge in [0.05, 0.1) is 0 Å². The smallest absolute Gasteiger partial charge is 0.320 e. The first kappa shape index (κ1) is 14.7. The van der Waals surface area contributed by atoms with Crippen molar-refractivity contribution in [2.45, 2.75) is 31.7 Å². The van der Waals surface area contributed by atoms with Gasteiger partial charge in [-0.25, -0.2) is 0 Å². The second kappa shape index (κ2) is 6.13. The van der Waals surface area contributed by atoms with Gasteiger partial charge in [-0.15, -0.1) is 0 Å². The van der Waals surface area contributed by atoms with E-state index in [1.807, 2.05) is 11.2 Å². The lowest BCUT2D eigenvalue weighted by atomic mass is 9.76. The number of hydrogen-bond donors (Lipinski definition) is 2. The zero-order valence-corrected chi connectivity index (χ0v) is 12.2. The molecule has 1 atom stereocenters. The summed E-state index contributed by atoms with van der Waals surface area (Å²) < 4.78 is 0. The molecule has 2 rings (SSSR count). The van der Waals surface area contributed by atoms with Crippen LogP contribution in [-0.2, 0) is 9.59 Å². The SMILES string of the molecule is CSCCC(=O)N1CCC2(CC1)CN[C@@H](C(=O)O)C2. The monoisotopic (exact) mass is 286 g/mol. The number of carbonyl (C=O) groups is 2. The van der Waals surface area contributed by atoms with Gasteiger partial charge in [0.25, 0.3) is 0 Å². The Morgan fingerprint density at radius 3 is 2.63 bits per heavy atom. The van der Waals surface area contributed by atoms with Crippen molar-refractivity contribution in [3.63, 3.8) is 0 Å². The van der Waals surface area contributed by atoms with E-state index in [0.717, 1.165) is 38.2 Å². The van der Waals surface area contributed by atoms with E-state index in [9.17, 15) is 9.59 Å². The predicted molar refractivity (Wildman–Crippen MR) is 75.3 cm³/mol. The Morgan fingerprint density at radius 2 is 2.11 bits per heavy atom. The lowest BCUT2D eigenvalue weighted by molar-refractivity contribution is -0.139. The molecule has 0 bridgehead atoms. The molecular formula is C13H22N2O3S. The minimum absolute atomic E-state index is 0.0966. The van der Waals surface area contributed by atoms with Gasteiger partial charge in [0.15, 0.2) is 0 Å². The van der Waals surface area contributed by atoms with E-state index in [-0.39, 0.29) is 11.3 Å². The van der Waals surface area contributed by atoms with Crippen molar-refractivity contribution >= 4 is 23.6 Å². The molecule has 2 heterocycles. The summed E-state index contributed by atoms with van der Waals surface area (Å²) in [6.45, 7) is 2.33. The minimum Gasteiger partial charge on any atom is -0.480 e. The number of nitrogens with zero attached hydrogens (tertiary/aromatic N) is 1. The molecule has 1 spiro atoms. The lowest BCUT2D eigenvalue weighted by Crippen LogP contribution is -2.44. The third kappa shape index (κ3) is 3.42. The Hall–Kier alpha value is -0.750. The molecule has 1 amide bonds. The van der Waals surface area contributed by atoms with E-state index >= 15 is 0 Å². The highest BCUT2D eigenvalue weighted by atomic mass is 32.2. The van der Waals surface area contributed by atoms with Gasteiger partial charge in [-0.2, -0.15) is 11.8 Å². The standard InChI is InChI=1S/C13H22N2O3S/c1-19-7-2-11(16)15-5-3-13(4-6-15)8-10(12(17)18)14-9-13/h10,14H,2-9H2,1H3,(H,17,18)/t10-/m1/s1. The third-order valence-corrected chi connectivity index (χ3v) is 4.97. The van der Waals surface area contributed by atoms with Crippen molar-refractivity contribution in [1.82, 2.24) is 10.2 Å². The van der Waals surface area contributed by atoms with Gasteiger partial charge in [0, 0.05) is 31.8 Å². The van der Waals surface area contributed by atoms with E-state index in [0.29, 0.717) is 12.8 Å². The van der Waals surface area contributed by atoms with Crippen LogP contribution < -0.4 is 5.32 Å². The quantitative estimate of drug-likeness (QED) is 0.800. The maximum atomic E-state index is 11.9. The highest BCUT2D eigenvalue weighted by Crippen LogP contribution is 2.39. The van der Waals surface area contributed by atoms with Crippen LogP contribution >= 0.6 is 11.8 Å². The van der Waals surface area contributed by atoms with E-state index in [1.165, 1.54) is 0 Å². The van der Waals surface area contributed by atoms with Crippen LogP contribution in [0.25, 0.3) is 0 Å². The van der Waals surface area contributed by atoms with Crippen LogP contribution in [0.1, 0.15) is 25.7 Å². The molecule has 2 aliphatic heterocycles. The van der Waals surface area contributed by atoms with Gasteiger partial charge in [0.2, 0.25) is 5.91 Å². The number of rotatable bonds is 4. The van der Waals surface area contributed by atoms with Crippen molar-refractivity contribution < 1.29 is 14.7 Å². The molecule has 6 heteroatoms. The lowest BCUT2D eigenvalue weighted by Gasteiger charge is -2.39. The van der Waals surface area contributed by atoms with Gasteiger partial charge in [-0.3, -0.25) is 9.59 Å². The number of carboxylic acid groups (broad SMARTS) is 1. The second-order valence-corrected chi connectivity index (χ2v) is 6.59. The third-order valence-electron chi connectivity index (χ3n) is 4.36. The Bertz CT molecular complexity index is 354. The molecule has 2 saturated heterocycles. The molecule has 0 radical (unpaired) electrons. The Balaban J connectivity index is 1.82. The Labute approximate surface area is 118 Å². The summed E-state index contributed by atoms with van der Waals surface area (Å²) in [6, 6.07) is -0.404. The van der Waals surface area contributed by atoms with E-state index < -0.39 is 12.0 Å². The predicted octanol–water partition coefficient (Wildman–Crippen LogP) is 0.795. The van der Waals surface area contributed by atoms with Gasteiger partial charge in [0.1, 0.15) is 6.04 Å². The molecular weight excluding hydrogens is 264 g/mol. The number of carbonyl (C=O) groups excluding carboxylic acids is 1. The summed E-state index contributed by atoms with van der Waals surface area (Å²) in [5.74, 6) is 0.364. The zero-order valence-electron chi connectivity index (χ0n) is 11.4. The molecule has 5 nitrogen and oxygen atoms in total. The summed E-state index contributed by atoms with van der Waals surface area (Å²) in [6.07, 6.45) is 5.18. The molecule has 108 valence electrons. The summed E-state index contributed by atoms with van der Waals surface area (Å²) in [5, 5.41) is 12.1. The maximum absolute atomic E-state index is 11.9. The summed E-state index contributed by atoms with van der Waals surface area (Å²) in [4.78, 5) is 24.9. The highest BCUT2D eigenvalue weighted by molar-refractivity contribution is 7.98. The molecule has 2 fully saturated rings. The van der Waals surface area contributed by atoms with Crippen LogP contribution in [-0.4, -0.2) is 59.6 Å². The highest BCUT2D eigenvalue weighted by Gasteiger charge is 2.43. The number of likely N-dealkylation sites (tertiary alicyclic amines) is 1. The number of amides is 1. The van der Waals surface area contributed by atoms with Crippen molar-refractivity contribution in [3.05, 3.63) is 0 Å². The van der Waals surface area contributed by atoms with Crippen LogP contribution in [0.5, 0.6) is 0 Å². The first-order chi connectivity index (χ1) is 9.06. The Morgan fingerprint density at radius 1 is 1.42 bits per heavy atom. The zero-order chi connectivity index (χ0) is 13.9. The molecule has 0 saturated carbocycles. The van der Waals surface area contributed by atoms with Crippen LogP contribution in [0.15, 0.2) is 0 Å². The van der Waals surface area contributed by atoms with E-state index in [2.05, 4.69) is 5.32 Å². The molecule has 0 aliphatic carbocycles.